The fourth-order valence-corrected chi connectivity index (χ4v) is 1.22. The van der Waals surface area contributed by atoms with E-state index in [1.54, 1.807) is 38.5 Å². The molecule has 0 atom stereocenters. The Kier molecular flexibility index (Phi) is 5.03. The molecule has 5 heteroatoms. The number of carbonyl (C=O) groups is 1. The fraction of sp³-hybridized carbons (Fsp3) is 0.250. The minimum absolute atomic E-state index is 0.592. The Bertz CT molecular complexity index is 411. The molecule has 0 saturated carbocycles. The van der Waals surface area contributed by atoms with Crippen molar-refractivity contribution in [3.8, 4) is 11.5 Å². The van der Waals surface area contributed by atoms with Crippen LogP contribution >= 0.6 is 0 Å². The number of methoxy groups -OCH3 is 2. The zero-order valence-electron chi connectivity index (χ0n) is 9.93. The van der Waals surface area contributed by atoms with Gasteiger partial charge in [-0.1, -0.05) is 0 Å². The molecule has 0 aliphatic carbocycles. The highest BCUT2D eigenvalue weighted by atomic mass is 17.2. The molecule has 1 rings (SSSR count). The van der Waals surface area contributed by atoms with Crippen LogP contribution in [-0.2, 0) is 14.6 Å². The zero-order valence-corrected chi connectivity index (χ0v) is 9.93. The van der Waals surface area contributed by atoms with Crippen molar-refractivity contribution in [3.63, 3.8) is 0 Å². The molecular weight excluding hydrogens is 224 g/mol. The molecule has 0 aliphatic rings. The highest BCUT2D eigenvalue weighted by molar-refractivity contribution is 5.87. The minimum atomic E-state index is -0.592. The fourth-order valence-electron chi connectivity index (χ4n) is 1.22. The standard InChI is InChI=1S/C12H14O5/c1-14-10-6-4-9(11(8-10)15-2)5-7-12(13)17-16-3/h4-8H,1-3H3. The third-order valence-electron chi connectivity index (χ3n) is 2.01. The van der Waals surface area contributed by atoms with Crippen molar-refractivity contribution in [2.75, 3.05) is 21.3 Å². The number of hydrogen-bond acceptors (Lipinski definition) is 5. The van der Waals surface area contributed by atoms with Crippen LogP contribution in [0.25, 0.3) is 6.08 Å². The molecule has 5 nitrogen and oxygen atoms in total. The minimum Gasteiger partial charge on any atom is -0.497 e. The van der Waals surface area contributed by atoms with Gasteiger partial charge in [0.25, 0.3) is 0 Å². The van der Waals surface area contributed by atoms with E-state index < -0.39 is 5.97 Å². The van der Waals surface area contributed by atoms with Gasteiger partial charge in [0, 0.05) is 17.7 Å². The lowest BCUT2D eigenvalue weighted by Crippen LogP contribution is -1.98. The lowest BCUT2D eigenvalue weighted by atomic mass is 10.2. The van der Waals surface area contributed by atoms with E-state index >= 15 is 0 Å². The Balaban J connectivity index is 2.87. The van der Waals surface area contributed by atoms with Gasteiger partial charge in [0.05, 0.1) is 21.3 Å². The predicted octanol–water partition coefficient (Wildman–Crippen LogP) is 1.82. The third kappa shape index (κ3) is 3.81. The van der Waals surface area contributed by atoms with Crippen LogP contribution in [0.15, 0.2) is 24.3 Å². The van der Waals surface area contributed by atoms with E-state index in [1.807, 2.05) is 0 Å². The molecule has 0 N–H and O–H groups in total. The monoisotopic (exact) mass is 238 g/mol. The van der Waals surface area contributed by atoms with E-state index in [-0.39, 0.29) is 0 Å². The highest BCUT2D eigenvalue weighted by Gasteiger charge is 2.03. The summed E-state index contributed by atoms with van der Waals surface area (Å²) in [5.41, 5.74) is 0.737. The second-order valence-electron chi connectivity index (χ2n) is 3.01. The topological polar surface area (TPSA) is 54.0 Å². The summed E-state index contributed by atoms with van der Waals surface area (Å²) in [4.78, 5) is 19.6. The van der Waals surface area contributed by atoms with Crippen LogP contribution in [0.3, 0.4) is 0 Å². The second kappa shape index (κ2) is 6.55. The first-order valence-electron chi connectivity index (χ1n) is 4.86. The first-order valence-corrected chi connectivity index (χ1v) is 4.86. The first kappa shape index (κ1) is 13.1. The summed E-state index contributed by atoms with van der Waals surface area (Å²) in [5.74, 6) is 0.689. The first-order chi connectivity index (χ1) is 8.21. The van der Waals surface area contributed by atoms with Crippen molar-refractivity contribution < 1.29 is 24.0 Å². The van der Waals surface area contributed by atoms with E-state index in [2.05, 4.69) is 9.78 Å². The Morgan fingerprint density at radius 1 is 1.18 bits per heavy atom. The molecule has 0 saturated heterocycles. The Hall–Kier alpha value is -2.01. The van der Waals surface area contributed by atoms with Crippen LogP contribution in [0.1, 0.15) is 5.56 Å². The van der Waals surface area contributed by atoms with E-state index in [9.17, 15) is 4.79 Å². The van der Waals surface area contributed by atoms with E-state index in [0.717, 1.165) is 5.56 Å². The summed E-state index contributed by atoms with van der Waals surface area (Å²) in [6.45, 7) is 0. The summed E-state index contributed by atoms with van der Waals surface area (Å²) < 4.78 is 10.2. The number of rotatable bonds is 5. The molecule has 1 aromatic carbocycles. The molecule has 0 radical (unpaired) electrons. The van der Waals surface area contributed by atoms with Gasteiger partial charge in [-0.2, -0.15) is 4.89 Å². The molecule has 1 aromatic rings. The van der Waals surface area contributed by atoms with Crippen molar-refractivity contribution in [2.45, 2.75) is 0 Å². The molecule has 0 heterocycles. The van der Waals surface area contributed by atoms with Gasteiger partial charge in [-0.25, -0.2) is 4.79 Å². The quantitative estimate of drug-likeness (QED) is 0.445. The maximum Gasteiger partial charge on any atom is 0.365 e. The molecule has 0 unspecified atom stereocenters. The number of ether oxygens (including phenoxy) is 2. The molecule has 0 aliphatic heterocycles. The summed E-state index contributed by atoms with van der Waals surface area (Å²) in [6.07, 6.45) is 2.81. The van der Waals surface area contributed by atoms with E-state index in [0.29, 0.717) is 11.5 Å². The van der Waals surface area contributed by atoms with Crippen molar-refractivity contribution >= 4 is 12.0 Å². The van der Waals surface area contributed by atoms with Gasteiger partial charge >= 0.3 is 5.97 Å². The lowest BCUT2D eigenvalue weighted by Gasteiger charge is -2.06. The van der Waals surface area contributed by atoms with Crippen molar-refractivity contribution in [1.82, 2.24) is 0 Å². The Morgan fingerprint density at radius 3 is 2.53 bits per heavy atom. The maximum atomic E-state index is 11.0. The van der Waals surface area contributed by atoms with Gasteiger partial charge in [0.2, 0.25) is 0 Å². The molecule has 0 amide bonds. The van der Waals surface area contributed by atoms with Crippen LogP contribution in [0.5, 0.6) is 11.5 Å². The largest absolute Gasteiger partial charge is 0.497 e. The Labute approximate surface area is 99.5 Å². The summed E-state index contributed by atoms with van der Waals surface area (Å²) >= 11 is 0. The lowest BCUT2D eigenvalue weighted by molar-refractivity contribution is -0.249. The molecule has 0 bridgehead atoms. The molecule has 0 spiro atoms. The Morgan fingerprint density at radius 2 is 1.94 bits per heavy atom. The van der Waals surface area contributed by atoms with Gasteiger partial charge < -0.3 is 9.47 Å². The second-order valence-corrected chi connectivity index (χ2v) is 3.01. The SMILES string of the molecule is COOC(=O)C=Cc1ccc(OC)cc1OC. The number of hydrogen-bond donors (Lipinski definition) is 0. The number of benzene rings is 1. The molecule has 0 fully saturated rings. The van der Waals surface area contributed by atoms with Crippen LogP contribution < -0.4 is 9.47 Å². The van der Waals surface area contributed by atoms with Gasteiger partial charge in [0.15, 0.2) is 0 Å². The van der Waals surface area contributed by atoms with Gasteiger partial charge in [0.1, 0.15) is 11.5 Å². The van der Waals surface area contributed by atoms with E-state index in [1.165, 1.54) is 13.2 Å². The number of carbonyl (C=O) groups excluding carboxylic acids is 1. The smallest absolute Gasteiger partial charge is 0.365 e. The van der Waals surface area contributed by atoms with Crippen LogP contribution in [0, 0.1) is 0 Å². The molecule has 92 valence electrons. The highest BCUT2D eigenvalue weighted by Crippen LogP contribution is 2.25. The van der Waals surface area contributed by atoms with Crippen molar-refractivity contribution in [1.29, 1.82) is 0 Å². The van der Waals surface area contributed by atoms with E-state index in [4.69, 9.17) is 9.47 Å². The van der Waals surface area contributed by atoms with Crippen molar-refractivity contribution in [2.24, 2.45) is 0 Å². The molecule has 17 heavy (non-hydrogen) atoms. The average molecular weight is 238 g/mol. The van der Waals surface area contributed by atoms with Crippen LogP contribution in [-0.4, -0.2) is 27.3 Å². The summed E-state index contributed by atoms with van der Waals surface area (Å²) in [6, 6.07) is 5.26. The van der Waals surface area contributed by atoms with Gasteiger partial charge in [-0.15, -0.1) is 0 Å². The van der Waals surface area contributed by atoms with Crippen LogP contribution in [0.2, 0.25) is 0 Å². The normalized spacial score (nSPS) is 10.3. The van der Waals surface area contributed by atoms with Crippen molar-refractivity contribution in [3.05, 3.63) is 29.8 Å². The maximum absolute atomic E-state index is 11.0. The molecule has 0 aromatic heterocycles. The zero-order chi connectivity index (χ0) is 12.7. The third-order valence-corrected chi connectivity index (χ3v) is 2.01. The van der Waals surface area contributed by atoms with Gasteiger partial charge in [-0.3, -0.25) is 4.89 Å². The summed E-state index contributed by atoms with van der Waals surface area (Å²) in [7, 11) is 4.37. The summed E-state index contributed by atoms with van der Waals surface area (Å²) in [5, 5.41) is 0. The predicted molar refractivity (Wildman–Crippen MR) is 61.7 cm³/mol. The van der Waals surface area contributed by atoms with Gasteiger partial charge in [-0.05, 0) is 18.2 Å². The van der Waals surface area contributed by atoms with Crippen LogP contribution in [0.4, 0.5) is 0 Å². The average Bonchev–Trinajstić information content (AvgIpc) is 2.36. The molecular formula is C12H14O5.